The minimum atomic E-state index is 0.294. The Balaban J connectivity index is 1.39. The van der Waals surface area contributed by atoms with Gasteiger partial charge in [0, 0.05) is 32.4 Å². The lowest BCUT2D eigenvalue weighted by atomic mass is 9.61. The molecule has 0 atom stereocenters. The van der Waals surface area contributed by atoms with Crippen LogP contribution in [0.25, 0.3) is 31.7 Å². The van der Waals surface area contributed by atoms with Gasteiger partial charge in [0.2, 0.25) is 0 Å². The highest BCUT2D eigenvalue weighted by Crippen LogP contribution is 2.56. The molecule has 3 aliphatic rings. The van der Waals surface area contributed by atoms with Gasteiger partial charge in [-0.05, 0) is 76.1 Å². The maximum Gasteiger partial charge on any atom is 0.0433 e. The summed E-state index contributed by atoms with van der Waals surface area (Å²) in [7, 11) is 0. The summed E-state index contributed by atoms with van der Waals surface area (Å²) in [6, 6.07) is 41.4. The van der Waals surface area contributed by atoms with E-state index < -0.39 is 0 Å². The van der Waals surface area contributed by atoms with Crippen LogP contribution in [0.5, 0.6) is 0 Å². The van der Waals surface area contributed by atoms with Gasteiger partial charge < -0.3 is 0 Å². The fourth-order valence-corrected chi connectivity index (χ4v) is 8.05. The summed E-state index contributed by atoms with van der Waals surface area (Å²) in [5, 5.41) is 1.35. The van der Waals surface area contributed by atoms with Crippen molar-refractivity contribution in [3.05, 3.63) is 154 Å². The van der Waals surface area contributed by atoms with Gasteiger partial charge in [0.1, 0.15) is 0 Å². The third-order valence-corrected chi connectivity index (χ3v) is 9.59. The zero-order chi connectivity index (χ0) is 24.7. The molecule has 6 aromatic rings. The van der Waals surface area contributed by atoms with Crippen molar-refractivity contribution in [3.8, 4) is 21.6 Å². The normalized spacial score (nSPS) is 16.9. The second kappa shape index (κ2) is 7.78. The van der Waals surface area contributed by atoms with E-state index in [2.05, 4.69) is 123 Å². The first-order valence-corrected chi connectivity index (χ1v) is 13.9. The largest absolute Gasteiger partial charge is 0.135 e. The van der Waals surface area contributed by atoms with E-state index in [1.54, 1.807) is 0 Å². The number of benzene rings is 5. The van der Waals surface area contributed by atoms with Crippen molar-refractivity contribution in [2.75, 3.05) is 0 Å². The van der Waals surface area contributed by atoms with E-state index in [1.807, 2.05) is 11.3 Å². The fourth-order valence-electron chi connectivity index (χ4n) is 6.72. The van der Waals surface area contributed by atoms with Gasteiger partial charge in [-0.15, -0.1) is 11.3 Å². The van der Waals surface area contributed by atoms with Gasteiger partial charge in [-0.2, -0.15) is 0 Å². The first-order chi connectivity index (χ1) is 18.2. The van der Waals surface area contributed by atoms with Crippen LogP contribution in [0.2, 0.25) is 0 Å². The Hall–Kier alpha value is -3.94. The number of rotatable bonds is 2. The number of aryl methyl sites for hydroxylation is 2. The maximum atomic E-state index is 2.51. The molecular weight excluding hydrogens is 464 g/mol. The SMILES string of the molecule is Cc1ccc(-c2sc3cc(C)ccc3c2-c2ccc3c(c2)C2c4ccccc4C3c3ccccc32)cc1. The Morgan fingerprint density at radius 1 is 0.486 bits per heavy atom. The molecule has 0 amide bonds. The lowest BCUT2D eigenvalue weighted by Gasteiger charge is -2.42. The van der Waals surface area contributed by atoms with Gasteiger partial charge in [0.15, 0.2) is 0 Å². The molecule has 0 nitrogen and oxygen atoms in total. The molecule has 0 fully saturated rings. The number of hydrogen-bond donors (Lipinski definition) is 0. The van der Waals surface area contributed by atoms with Crippen molar-refractivity contribution >= 4 is 21.4 Å². The minimum Gasteiger partial charge on any atom is -0.135 e. The Labute approximate surface area is 221 Å². The van der Waals surface area contributed by atoms with Gasteiger partial charge in [0.05, 0.1) is 0 Å². The van der Waals surface area contributed by atoms with Gasteiger partial charge >= 0.3 is 0 Å². The quantitative estimate of drug-likeness (QED) is 0.226. The molecule has 2 bridgehead atoms. The van der Waals surface area contributed by atoms with Crippen LogP contribution in [0.3, 0.4) is 0 Å². The lowest BCUT2D eigenvalue weighted by molar-refractivity contribution is 0.755. The summed E-state index contributed by atoms with van der Waals surface area (Å²) < 4.78 is 1.36. The molecule has 9 rings (SSSR count). The van der Waals surface area contributed by atoms with Gasteiger partial charge in [-0.3, -0.25) is 0 Å². The van der Waals surface area contributed by atoms with Crippen molar-refractivity contribution in [1.82, 2.24) is 0 Å². The van der Waals surface area contributed by atoms with Crippen molar-refractivity contribution < 1.29 is 0 Å². The monoisotopic (exact) mass is 490 g/mol. The predicted octanol–water partition coefficient (Wildman–Crippen LogP) is 9.84. The van der Waals surface area contributed by atoms with Crippen molar-refractivity contribution in [3.63, 3.8) is 0 Å². The smallest absolute Gasteiger partial charge is 0.0433 e. The summed E-state index contributed by atoms with van der Waals surface area (Å²) in [5.41, 5.74) is 15.4. The summed E-state index contributed by atoms with van der Waals surface area (Å²) in [6.45, 7) is 4.35. The number of hydrogen-bond acceptors (Lipinski definition) is 1. The molecule has 176 valence electrons. The number of thiophene rings is 1. The molecule has 0 radical (unpaired) electrons. The highest BCUT2D eigenvalue weighted by Gasteiger charge is 2.41. The molecule has 0 unspecified atom stereocenters. The van der Waals surface area contributed by atoms with Crippen LogP contribution in [0.15, 0.2) is 109 Å². The summed E-state index contributed by atoms with van der Waals surface area (Å²) in [6.07, 6.45) is 0. The molecule has 5 aromatic carbocycles. The third-order valence-electron chi connectivity index (χ3n) is 8.39. The van der Waals surface area contributed by atoms with Crippen LogP contribution in [0.4, 0.5) is 0 Å². The van der Waals surface area contributed by atoms with E-state index >= 15 is 0 Å². The molecule has 0 spiro atoms. The molecule has 0 aliphatic heterocycles. The molecule has 1 aromatic heterocycles. The molecule has 1 heterocycles. The molecule has 0 saturated carbocycles. The molecular formula is C36H26S. The van der Waals surface area contributed by atoms with E-state index in [4.69, 9.17) is 0 Å². The summed E-state index contributed by atoms with van der Waals surface area (Å²) >= 11 is 1.92. The van der Waals surface area contributed by atoms with Gasteiger partial charge in [0.25, 0.3) is 0 Å². The van der Waals surface area contributed by atoms with E-state index in [0.717, 1.165) is 0 Å². The summed E-state index contributed by atoms with van der Waals surface area (Å²) in [4.78, 5) is 1.36. The van der Waals surface area contributed by atoms with Crippen molar-refractivity contribution in [2.24, 2.45) is 0 Å². The second-order valence-electron chi connectivity index (χ2n) is 10.6. The topological polar surface area (TPSA) is 0 Å². The second-order valence-corrected chi connectivity index (χ2v) is 11.7. The Morgan fingerprint density at radius 2 is 1.03 bits per heavy atom. The van der Waals surface area contributed by atoms with Crippen molar-refractivity contribution in [1.29, 1.82) is 0 Å². The minimum absolute atomic E-state index is 0.294. The van der Waals surface area contributed by atoms with E-state index in [9.17, 15) is 0 Å². The van der Waals surface area contributed by atoms with Crippen LogP contribution < -0.4 is 0 Å². The van der Waals surface area contributed by atoms with Gasteiger partial charge in [-0.1, -0.05) is 103 Å². The molecule has 0 N–H and O–H groups in total. The van der Waals surface area contributed by atoms with Gasteiger partial charge in [-0.25, -0.2) is 0 Å². The molecule has 1 heteroatoms. The van der Waals surface area contributed by atoms with Crippen LogP contribution in [0, 0.1) is 13.8 Å². The van der Waals surface area contributed by atoms with Crippen LogP contribution in [-0.2, 0) is 0 Å². The first kappa shape index (κ1) is 21.2. The van der Waals surface area contributed by atoms with E-state index in [0.29, 0.717) is 11.8 Å². The molecule has 0 saturated heterocycles. The predicted molar refractivity (Wildman–Crippen MR) is 157 cm³/mol. The van der Waals surface area contributed by atoms with Crippen molar-refractivity contribution in [2.45, 2.75) is 25.7 Å². The maximum absolute atomic E-state index is 2.51. The van der Waals surface area contributed by atoms with Crippen LogP contribution >= 0.6 is 11.3 Å². The van der Waals surface area contributed by atoms with E-state index in [1.165, 1.54) is 76.2 Å². The average Bonchev–Trinajstić information content (AvgIpc) is 3.31. The first-order valence-electron chi connectivity index (χ1n) is 13.1. The van der Waals surface area contributed by atoms with Crippen LogP contribution in [-0.4, -0.2) is 0 Å². The Kier molecular flexibility index (Phi) is 4.45. The molecule has 3 aliphatic carbocycles. The van der Waals surface area contributed by atoms with Crippen LogP contribution in [0.1, 0.15) is 56.3 Å². The highest BCUT2D eigenvalue weighted by molar-refractivity contribution is 7.23. The Bertz CT molecular complexity index is 1800. The lowest BCUT2D eigenvalue weighted by Crippen LogP contribution is -2.27. The molecule has 37 heavy (non-hydrogen) atoms. The fraction of sp³-hybridized carbons (Fsp3) is 0.111. The highest BCUT2D eigenvalue weighted by atomic mass is 32.1. The third kappa shape index (κ3) is 3.01. The average molecular weight is 491 g/mol. The Morgan fingerprint density at radius 3 is 1.68 bits per heavy atom. The van der Waals surface area contributed by atoms with E-state index in [-0.39, 0.29) is 0 Å². The zero-order valence-electron chi connectivity index (χ0n) is 21.0. The summed E-state index contributed by atoms with van der Waals surface area (Å²) in [5.74, 6) is 0.613. The number of fused-ring (bicyclic) bond motifs is 1. The standard InChI is InChI=1S/C36H26S/c1-21-11-14-23(15-12-21)36-33(30-17-13-22(2)19-32(30)37-36)24-16-18-29-31(20-24)35-27-9-5-3-7-25(27)34(29)26-8-4-6-10-28(26)35/h3-20,34-35H,1-2H3. The zero-order valence-corrected chi connectivity index (χ0v) is 21.8.